The molecule has 0 saturated heterocycles. The van der Waals surface area contributed by atoms with E-state index in [2.05, 4.69) is 49.4 Å². The van der Waals surface area contributed by atoms with Gasteiger partial charge in [0, 0.05) is 6.54 Å². The van der Waals surface area contributed by atoms with E-state index >= 15 is 0 Å². The summed E-state index contributed by atoms with van der Waals surface area (Å²) in [6, 6.07) is 14.8. The molecule has 0 spiro atoms. The lowest BCUT2D eigenvalue weighted by atomic mass is 10.0. The maximum atomic E-state index is 5.67. The Morgan fingerprint density at radius 1 is 1.00 bits per heavy atom. The Balaban J connectivity index is 2.16. The van der Waals surface area contributed by atoms with Crippen LogP contribution < -0.4 is 10.5 Å². The highest BCUT2D eigenvalue weighted by atomic mass is 16.5. The third kappa shape index (κ3) is 3.58. The molecule has 2 rings (SSSR count). The average molecular weight is 255 g/mol. The van der Waals surface area contributed by atoms with Crippen molar-refractivity contribution in [1.82, 2.24) is 0 Å². The zero-order valence-corrected chi connectivity index (χ0v) is 11.6. The highest BCUT2D eigenvalue weighted by Crippen LogP contribution is 2.21. The second kappa shape index (κ2) is 6.39. The summed E-state index contributed by atoms with van der Waals surface area (Å²) in [5.74, 6) is 0.974. The van der Waals surface area contributed by atoms with Crippen molar-refractivity contribution in [1.29, 1.82) is 0 Å². The van der Waals surface area contributed by atoms with Gasteiger partial charge in [-0.1, -0.05) is 36.4 Å². The fraction of sp³-hybridized carbons (Fsp3) is 0.294. The number of aryl methyl sites for hydroxylation is 1. The summed E-state index contributed by atoms with van der Waals surface area (Å²) in [7, 11) is 0. The van der Waals surface area contributed by atoms with Gasteiger partial charge in [-0.2, -0.15) is 0 Å². The van der Waals surface area contributed by atoms with Gasteiger partial charge in [0.25, 0.3) is 0 Å². The van der Waals surface area contributed by atoms with E-state index in [1.165, 1.54) is 22.3 Å². The molecule has 0 aromatic heterocycles. The van der Waals surface area contributed by atoms with E-state index in [4.69, 9.17) is 10.5 Å². The molecule has 100 valence electrons. The number of ether oxygens (including phenoxy) is 1. The van der Waals surface area contributed by atoms with Gasteiger partial charge < -0.3 is 10.5 Å². The zero-order valence-electron chi connectivity index (χ0n) is 11.6. The molecule has 0 unspecified atom stereocenters. The Labute approximate surface area is 115 Å². The van der Waals surface area contributed by atoms with Gasteiger partial charge in [-0.25, -0.2) is 0 Å². The van der Waals surface area contributed by atoms with E-state index < -0.39 is 0 Å². The Bertz CT molecular complexity index is 549. The minimum absolute atomic E-state index is 0.593. The van der Waals surface area contributed by atoms with E-state index in [-0.39, 0.29) is 0 Å². The van der Waals surface area contributed by atoms with Crippen molar-refractivity contribution in [2.75, 3.05) is 6.61 Å². The lowest BCUT2D eigenvalue weighted by Gasteiger charge is -2.09. The van der Waals surface area contributed by atoms with E-state index in [1.54, 1.807) is 0 Å². The number of hydrogen-bond donors (Lipinski definition) is 1. The predicted octanol–water partition coefficient (Wildman–Crippen LogP) is 3.44. The van der Waals surface area contributed by atoms with Crippen LogP contribution in [0.15, 0.2) is 42.5 Å². The lowest BCUT2D eigenvalue weighted by Crippen LogP contribution is -1.98. The molecule has 19 heavy (non-hydrogen) atoms. The summed E-state index contributed by atoms with van der Waals surface area (Å²) in [6.07, 6.45) is 0.932. The van der Waals surface area contributed by atoms with Crippen molar-refractivity contribution in [2.24, 2.45) is 5.73 Å². The molecule has 2 aromatic rings. The average Bonchev–Trinajstić information content (AvgIpc) is 2.42. The minimum Gasteiger partial charge on any atom is -0.494 e. The zero-order chi connectivity index (χ0) is 13.7. The maximum Gasteiger partial charge on any atom is 0.122 e. The number of hydrogen-bond acceptors (Lipinski definition) is 2. The molecule has 0 bridgehead atoms. The van der Waals surface area contributed by atoms with E-state index in [0.29, 0.717) is 13.2 Å². The molecule has 0 amide bonds. The topological polar surface area (TPSA) is 35.2 Å². The van der Waals surface area contributed by atoms with Gasteiger partial charge in [0.2, 0.25) is 0 Å². The molecule has 2 heteroatoms. The molecule has 0 aliphatic heterocycles. The van der Waals surface area contributed by atoms with Gasteiger partial charge in [-0.15, -0.1) is 0 Å². The molecule has 0 saturated carbocycles. The highest BCUT2D eigenvalue weighted by Gasteiger charge is 2.02. The van der Waals surface area contributed by atoms with Crippen LogP contribution in [0.2, 0.25) is 0 Å². The first kappa shape index (κ1) is 13.6. The molecule has 2 nitrogen and oxygen atoms in total. The smallest absolute Gasteiger partial charge is 0.122 e. The summed E-state index contributed by atoms with van der Waals surface area (Å²) in [5, 5.41) is 0. The van der Waals surface area contributed by atoms with E-state index in [9.17, 15) is 0 Å². The van der Waals surface area contributed by atoms with Gasteiger partial charge >= 0.3 is 0 Å². The van der Waals surface area contributed by atoms with E-state index in [1.807, 2.05) is 6.92 Å². The van der Waals surface area contributed by atoms with Crippen molar-refractivity contribution < 1.29 is 4.74 Å². The molecular weight excluding hydrogens is 234 g/mol. The minimum atomic E-state index is 0.593. The van der Waals surface area contributed by atoms with Gasteiger partial charge in [0.1, 0.15) is 5.75 Å². The predicted molar refractivity (Wildman–Crippen MR) is 79.5 cm³/mol. The molecule has 0 fully saturated rings. The Morgan fingerprint density at radius 3 is 2.42 bits per heavy atom. The van der Waals surface area contributed by atoms with Crippen molar-refractivity contribution in [2.45, 2.75) is 26.8 Å². The first-order valence-corrected chi connectivity index (χ1v) is 6.73. The lowest BCUT2D eigenvalue weighted by molar-refractivity contribution is 0.338. The van der Waals surface area contributed by atoms with Gasteiger partial charge in [-0.05, 0) is 48.6 Å². The van der Waals surface area contributed by atoms with Crippen LogP contribution in [0, 0.1) is 6.92 Å². The van der Waals surface area contributed by atoms with Crippen LogP contribution in [0.5, 0.6) is 5.75 Å². The summed E-state index contributed by atoms with van der Waals surface area (Å²) in [5.41, 5.74) is 10.6. The fourth-order valence-corrected chi connectivity index (χ4v) is 2.24. The fourth-order valence-electron chi connectivity index (χ4n) is 2.24. The molecule has 0 aliphatic rings. The largest absolute Gasteiger partial charge is 0.494 e. The summed E-state index contributed by atoms with van der Waals surface area (Å²) < 4.78 is 5.56. The van der Waals surface area contributed by atoms with Crippen LogP contribution in [0.1, 0.15) is 29.2 Å². The monoisotopic (exact) mass is 255 g/mol. The second-order valence-electron chi connectivity index (χ2n) is 4.73. The van der Waals surface area contributed by atoms with Crippen LogP contribution in [0.4, 0.5) is 0 Å². The van der Waals surface area contributed by atoms with Crippen LogP contribution in [0.3, 0.4) is 0 Å². The Hall–Kier alpha value is -1.80. The molecular formula is C17H21NO. The van der Waals surface area contributed by atoms with E-state index in [0.717, 1.165) is 12.2 Å². The summed E-state index contributed by atoms with van der Waals surface area (Å²) in [4.78, 5) is 0. The van der Waals surface area contributed by atoms with Crippen molar-refractivity contribution >= 4 is 0 Å². The van der Waals surface area contributed by atoms with Crippen LogP contribution in [0.25, 0.3) is 0 Å². The van der Waals surface area contributed by atoms with Crippen LogP contribution >= 0.6 is 0 Å². The Kier molecular flexibility index (Phi) is 4.58. The molecule has 0 heterocycles. The van der Waals surface area contributed by atoms with Crippen LogP contribution in [-0.4, -0.2) is 6.61 Å². The van der Waals surface area contributed by atoms with Gasteiger partial charge in [0.05, 0.1) is 6.61 Å². The summed E-state index contributed by atoms with van der Waals surface area (Å²) >= 11 is 0. The third-order valence-corrected chi connectivity index (χ3v) is 3.17. The number of rotatable bonds is 5. The second-order valence-corrected chi connectivity index (χ2v) is 4.73. The van der Waals surface area contributed by atoms with Crippen molar-refractivity contribution in [3.8, 4) is 5.75 Å². The maximum absolute atomic E-state index is 5.67. The molecule has 2 aromatic carbocycles. The van der Waals surface area contributed by atoms with Crippen molar-refractivity contribution in [3.05, 3.63) is 64.7 Å². The first-order valence-electron chi connectivity index (χ1n) is 6.73. The number of nitrogens with two attached hydrogens (primary N) is 1. The molecule has 0 aliphatic carbocycles. The third-order valence-electron chi connectivity index (χ3n) is 3.17. The molecule has 0 radical (unpaired) electrons. The highest BCUT2D eigenvalue weighted by molar-refractivity contribution is 5.38. The van der Waals surface area contributed by atoms with Crippen molar-refractivity contribution in [3.63, 3.8) is 0 Å². The summed E-state index contributed by atoms with van der Waals surface area (Å²) in [6.45, 7) is 5.39. The standard InChI is InChI=1S/C17H21NO/c1-3-19-17-8-7-15(9-13(17)2)10-14-5-4-6-16(11-14)12-18/h4-9,11H,3,10,12,18H2,1-2H3. The van der Waals surface area contributed by atoms with Crippen LogP contribution in [-0.2, 0) is 13.0 Å². The molecule has 2 N–H and O–H groups in total. The van der Waals surface area contributed by atoms with Gasteiger partial charge in [0.15, 0.2) is 0 Å². The van der Waals surface area contributed by atoms with Gasteiger partial charge in [-0.3, -0.25) is 0 Å². The quantitative estimate of drug-likeness (QED) is 0.888. The SMILES string of the molecule is CCOc1ccc(Cc2cccc(CN)c2)cc1C. The first-order chi connectivity index (χ1) is 9.22. The Morgan fingerprint density at radius 2 is 1.74 bits per heavy atom. The normalized spacial score (nSPS) is 10.5. The molecule has 0 atom stereocenters. The number of benzene rings is 2.